The molecule has 2 heterocycles. The summed E-state index contributed by atoms with van der Waals surface area (Å²) in [6, 6.07) is 1.86. The van der Waals surface area contributed by atoms with Gasteiger partial charge in [0.05, 0.1) is 11.8 Å². The third-order valence-corrected chi connectivity index (χ3v) is 2.72. The normalized spacial score (nSPS) is 19.6. The molecule has 1 aromatic heterocycles. The fraction of sp³-hybridized carbons (Fsp3) is 0.455. The van der Waals surface area contributed by atoms with Crippen LogP contribution in [0.1, 0.15) is 23.2 Å². The number of amides is 1. The van der Waals surface area contributed by atoms with E-state index in [0.717, 1.165) is 19.4 Å². The van der Waals surface area contributed by atoms with Crippen LogP contribution in [0, 0.1) is 0 Å². The summed E-state index contributed by atoms with van der Waals surface area (Å²) < 4.78 is 0. The molecule has 5 heteroatoms. The summed E-state index contributed by atoms with van der Waals surface area (Å²) >= 11 is 0. The van der Waals surface area contributed by atoms with Crippen molar-refractivity contribution in [3.05, 3.63) is 24.0 Å². The number of hydrogen-bond acceptors (Lipinski definition) is 4. The summed E-state index contributed by atoms with van der Waals surface area (Å²) in [6.07, 6.45) is 4.99. The molecule has 86 valence electrons. The van der Waals surface area contributed by atoms with Gasteiger partial charge in [-0.2, -0.15) is 0 Å². The Kier molecular flexibility index (Phi) is 3.36. The number of rotatable bonds is 3. The minimum Gasteiger partial charge on any atom is -0.505 e. The average Bonchev–Trinajstić information content (AvgIpc) is 2.79. The Morgan fingerprint density at radius 2 is 2.56 bits per heavy atom. The van der Waals surface area contributed by atoms with E-state index in [4.69, 9.17) is 0 Å². The Balaban J connectivity index is 1.90. The minimum absolute atomic E-state index is 0.0839. The van der Waals surface area contributed by atoms with E-state index in [1.54, 1.807) is 0 Å². The fourth-order valence-electron chi connectivity index (χ4n) is 1.82. The molecular formula is C11H15N3O2. The number of carbonyl (C=O) groups is 1. The summed E-state index contributed by atoms with van der Waals surface area (Å²) in [4.78, 5) is 15.4. The van der Waals surface area contributed by atoms with E-state index in [2.05, 4.69) is 15.6 Å². The van der Waals surface area contributed by atoms with Crippen LogP contribution >= 0.6 is 0 Å². The molecule has 0 saturated carbocycles. The maximum Gasteiger partial charge on any atom is 0.255 e. The molecule has 0 aliphatic carbocycles. The van der Waals surface area contributed by atoms with Gasteiger partial charge in [0.2, 0.25) is 0 Å². The zero-order valence-electron chi connectivity index (χ0n) is 8.94. The van der Waals surface area contributed by atoms with Crippen LogP contribution < -0.4 is 10.6 Å². The highest BCUT2D eigenvalue weighted by molar-refractivity contribution is 5.96. The molecule has 1 unspecified atom stereocenters. The molecule has 1 saturated heterocycles. The van der Waals surface area contributed by atoms with Gasteiger partial charge in [-0.05, 0) is 25.5 Å². The molecule has 1 atom stereocenters. The fourth-order valence-corrected chi connectivity index (χ4v) is 1.82. The molecule has 1 aromatic rings. The third-order valence-electron chi connectivity index (χ3n) is 2.72. The van der Waals surface area contributed by atoms with Crippen LogP contribution in [0.5, 0.6) is 5.75 Å². The van der Waals surface area contributed by atoms with Crippen LogP contribution in [0.15, 0.2) is 18.5 Å². The lowest BCUT2D eigenvalue weighted by molar-refractivity contribution is 0.0947. The van der Waals surface area contributed by atoms with E-state index < -0.39 is 0 Å². The molecule has 1 fully saturated rings. The highest BCUT2D eigenvalue weighted by Crippen LogP contribution is 2.13. The van der Waals surface area contributed by atoms with E-state index >= 15 is 0 Å². The Morgan fingerprint density at radius 1 is 1.69 bits per heavy atom. The first kappa shape index (κ1) is 10.9. The highest BCUT2D eigenvalue weighted by atomic mass is 16.3. The number of carbonyl (C=O) groups excluding carboxylic acids is 1. The van der Waals surface area contributed by atoms with Crippen molar-refractivity contribution in [1.29, 1.82) is 0 Å². The van der Waals surface area contributed by atoms with Gasteiger partial charge in [-0.15, -0.1) is 0 Å². The molecule has 5 nitrogen and oxygen atoms in total. The topological polar surface area (TPSA) is 74.2 Å². The van der Waals surface area contributed by atoms with Crippen molar-refractivity contribution in [2.45, 2.75) is 18.9 Å². The van der Waals surface area contributed by atoms with Crippen molar-refractivity contribution < 1.29 is 9.90 Å². The smallest absolute Gasteiger partial charge is 0.255 e. The SMILES string of the molecule is O=C(NCC1CCCN1)c1ccncc1O. The van der Waals surface area contributed by atoms with Crippen molar-refractivity contribution in [2.24, 2.45) is 0 Å². The van der Waals surface area contributed by atoms with Gasteiger partial charge in [0, 0.05) is 18.8 Å². The molecule has 0 spiro atoms. The van der Waals surface area contributed by atoms with Crippen molar-refractivity contribution in [1.82, 2.24) is 15.6 Å². The van der Waals surface area contributed by atoms with Crippen molar-refractivity contribution >= 4 is 5.91 Å². The van der Waals surface area contributed by atoms with Crippen LogP contribution in [0.2, 0.25) is 0 Å². The standard InChI is InChI=1S/C11H15N3O2/c15-10-7-12-5-3-9(10)11(16)14-6-8-2-1-4-13-8/h3,5,7-8,13,15H,1-2,4,6H2,(H,14,16). The van der Waals surface area contributed by atoms with Gasteiger partial charge in [-0.1, -0.05) is 0 Å². The molecule has 16 heavy (non-hydrogen) atoms. The summed E-state index contributed by atoms with van der Waals surface area (Å²) in [5, 5.41) is 15.5. The van der Waals surface area contributed by atoms with Gasteiger partial charge in [0.1, 0.15) is 5.75 Å². The van der Waals surface area contributed by atoms with Crippen LogP contribution in [0.25, 0.3) is 0 Å². The van der Waals surface area contributed by atoms with Crippen LogP contribution in [-0.2, 0) is 0 Å². The Bertz CT molecular complexity index is 375. The largest absolute Gasteiger partial charge is 0.505 e. The molecule has 0 radical (unpaired) electrons. The van der Waals surface area contributed by atoms with Crippen LogP contribution in [0.3, 0.4) is 0 Å². The van der Waals surface area contributed by atoms with E-state index in [0.29, 0.717) is 12.6 Å². The van der Waals surface area contributed by atoms with E-state index in [1.807, 2.05) is 0 Å². The monoisotopic (exact) mass is 221 g/mol. The molecule has 0 bridgehead atoms. The van der Waals surface area contributed by atoms with Gasteiger partial charge in [-0.25, -0.2) is 0 Å². The Labute approximate surface area is 93.9 Å². The molecule has 3 N–H and O–H groups in total. The molecule has 2 rings (SSSR count). The summed E-state index contributed by atoms with van der Waals surface area (Å²) in [5.74, 6) is -0.340. The maximum absolute atomic E-state index is 11.7. The van der Waals surface area contributed by atoms with Gasteiger partial charge < -0.3 is 15.7 Å². The predicted molar refractivity (Wildman–Crippen MR) is 59.3 cm³/mol. The highest BCUT2D eigenvalue weighted by Gasteiger charge is 2.16. The number of nitrogens with one attached hydrogen (secondary N) is 2. The summed E-state index contributed by atoms with van der Waals surface area (Å²) in [7, 11) is 0. The number of aromatic hydroxyl groups is 1. The van der Waals surface area contributed by atoms with Crippen molar-refractivity contribution in [3.8, 4) is 5.75 Å². The lowest BCUT2D eigenvalue weighted by Gasteiger charge is -2.11. The molecule has 1 aliphatic rings. The number of pyridine rings is 1. The van der Waals surface area contributed by atoms with Gasteiger partial charge >= 0.3 is 0 Å². The predicted octanol–water partition coefficient (Wildman–Crippen LogP) is 0.269. The van der Waals surface area contributed by atoms with Crippen molar-refractivity contribution in [3.63, 3.8) is 0 Å². The molecular weight excluding hydrogens is 206 g/mol. The van der Waals surface area contributed by atoms with E-state index in [1.165, 1.54) is 18.5 Å². The van der Waals surface area contributed by atoms with Gasteiger partial charge in [0.15, 0.2) is 0 Å². The maximum atomic E-state index is 11.7. The minimum atomic E-state index is -0.256. The Hall–Kier alpha value is -1.62. The molecule has 0 aromatic carbocycles. The van der Waals surface area contributed by atoms with E-state index in [-0.39, 0.29) is 17.2 Å². The van der Waals surface area contributed by atoms with Crippen LogP contribution in [-0.4, -0.2) is 35.1 Å². The first-order valence-electron chi connectivity index (χ1n) is 5.42. The lowest BCUT2D eigenvalue weighted by atomic mass is 10.2. The second-order valence-corrected chi connectivity index (χ2v) is 3.90. The van der Waals surface area contributed by atoms with Gasteiger partial charge in [-0.3, -0.25) is 9.78 Å². The zero-order valence-corrected chi connectivity index (χ0v) is 8.94. The van der Waals surface area contributed by atoms with Gasteiger partial charge in [0.25, 0.3) is 5.91 Å². The average molecular weight is 221 g/mol. The van der Waals surface area contributed by atoms with E-state index in [9.17, 15) is 9.90 Å². The second kappa shape index (κ2) is 4.94. The first-order valence-corrected chi connectivity index (χ1v) is 5.42. The first-order chi connectivity index (χ1) is 7.77. The Morgan fingerprint density at radius 3 is 3.25 bits per heavy atom. The number of aromatic nitrogens is 1. The lowest BCUT2D eigenvalue weighted by Crippen LogP contribution is -2.37. The third kappa shape index (κ3) is 2.49. The number of nitrogens with zero attached hydrogens (tertiary/aromatic N) is 1. The summed E-state index contributed by atoms with van der Waals surface area (Å²) in [6.45, 7) is 1.61. The molecule has 1 amide bonds. The second-order valence-electron chi connectivity index (χ2n) is 3.90. The zero-order chi connectivity index (χ0) is 11.4. The van der Waals surface area contributed by atoms with Crippen molar-refractivity contribution in [2.75, 3.05) is 13.1 Å². The van der Waals surface area contributed by atoms with Crippen LogP contribution in [0.4, 0.5) is 0 Å². The summed E-state index contributed by atoms with van der Waals surface area (Å²) in [5.41, 5.74) is 0.271. The quantitative estimate of drug-likeness (QED) is 0.685. The number of hydrogen-bond donors (Lipinski definition) is 3. The molecule has 1 aliphatic heterocycles.